The lowest BCUT2D eigenvalue weighted by Crippen LogP contribution is -2.44. The minimum atomic E-state index is -1.15. The summed E-state index contributed by atoms with van der Waals surface area (Å²) in [5.74, 6) is -4.61. The topological polar surface area (TPSA) is 177 Å². The lowest BCUT2D eigenvalue weighted by Gasteiger charge is -2.28. The van der Waals surface area contributed by atoms with E-state index in [4.69, 9.17) is 29.9 Å². The van der Waals surface area contributed by atoms with Crippen LogP contribution in [-0.2, 0) is 35.2 Å². The van der Waals surface area contributed by atoms with Crippen molar-refractivity contribution < 1.29 is 49.1 Å². The van der Waals surface area contributed by atoms with Gasteiger partial charge in [0.1, 0.15) is 0 Å². The monoisotopic (exact) mass is 511 g/mol. The smallest absolute Gasteiger partial charge is 0.317 e. The van der Waals surface area contributed by atoms with Crippen molar-refractivity contribution in [2.24, 2.45) is 0 Å². The number of rotatable bonds is 17. The van der Waals surface area contributed by atoms with Crippen LogP contribution in [0.3, 0.4) is 0 Å². The van der Waals surface area contributed by atoms with E-state index in [-0.39, 0.29) is 26.2 Å². The Morgan fingerprint density at radius 3 is 1.44 bits per heavy atom. The Morgan fingerprint density at radius 2 is 1.06 bits per heavy atom. The maximum absolute atomic E-state index is 11.1. The van der Waals surface area contributed by atoms with Crippen molar-refractivity contribution in [3.63, 3.8) is 0 Å². The highest BCUT2D eigenvalue weighted by Gasteiger charge is 2.19. The molecule has 0 amide bonds. The molecular weight excluding hydrogens is 478 g/mol. The molecule has 0 atom stereocenters. The fourth-order valence-electron chi connectivity index (χ4n) is 3.75. The SMILES string of the molecule is O=C(O)CN(CCN(CCN(CC(=O)O)CC(=O)O)Cc1ccc(C2OCCCO2)cc1)CC(=O)O. The van der Waals surface area contributed by atoms with Crippen LogP contribution in [0.4, 0.5) is 0 Å². The van der Waals surface area contributed by atoms with Gasteiger partial charge < -0.3 is 29.9 Å². The third-order valence-corrected chi connectivity index (χ3v) is 5.39. The Hall–Kier alpha value is -3.10. The normalized spacial score (nSPS) is 14.4. The maximum Gasteiger partial charge on any atom is 0.317 e. The van der Waals surface area contributed by atoms with Crippen LogP contribution < -0.4 is 0 Å². The van der Waals surface area contributed by atoms with Gasteiger partial charge in [-0.2, -0.15) is 0 Å². The van der Waals surface area contributed by atoms with Crippen molar-refractivity contribution in [1.82, 2.24) is 14.7 Å². The molecule has 0 saturated carbocycles. The number of aliphatic carboxylic acids is 4. The van der Waals surface area contributed by atoms with Crippen LogP contribution in [0.5, 0.6) is 0 Å². The van der Waals surface area contributed by atoms with Gasteiger partial charge in [0.25, 0.3) is 0 Å². The summed E-state index contributed by atoms with van der Waals surface area (Å²) in [6, 6.07) is 7.54. The van der Waals surface area contributed by atoms with E-state index in [9.17, 15) is 19.2 Å². The summed E-state index contributed by atoms with van der Waals surface area (Å²) < 4.78 is 11.2. The van der Waals surface area contributed by atoms with E-state index in [1.54, 1.807) is 0 Å². The van der Waals surface area contributed by atoms with E-state index in [0.717, 1.165) is 17.5 Å². The number of hydrogen-bond acceptors (Lipinski definition) is 9. The molecule has 1 aromatic rings. The molecule has 200 valence electrons. The second-order valence-electron chi connectivity index (χ2n) is 8.44. The molecule has 0 aliphatic carbocycles. The first-order chi connectivity index (χ1) is 17.1. The number of hydrogen-bond donors (Lipinski definition) is 4. The minimum Gasteiger partial charge on any atom is -0.480 e. The van der Waals surface area contributed by atoms with E-state index >= 15 is 0 Å². The third kappa shape index (κ3) is 11.6. The molecule has 0 spiro atoms. The maximum atomic E-state index is 11.1. The second-order valence-corrected chi connectivity index (χ2v) is 8.44. The third-order valence-electron chi connectivity index (χ3n) is 5.39. The summed E-state index contributed by atoms with van der Waals surface area (Å²) in [4.78, 5) is 49.0. The Kier molecular flexibility index (Phi) is 12.2. The highest BCUT2D eigenvalue weighted by molar-refractivity contribution is 5.73. The van der Waals surface area contributed by atoms with Crippen LogP contribution in [0, 0.1) is 0 Å². The molecular formula is C23H33N3O10. The molecule has 0 radical (unpaired) electrons. The molecule has 0 unspecified atom stereocenters. The quantitative estimate of drug-likeness (QED) is 0.218. The van der Waals surface area contributed by atoms with E-state index < -0.39 is 56.3 Å². The predicted molar refractivity (Wildman–Crippen MR) is 124 cm³/mol. The molecule has 1 aromatic carbocycles. The lowest BCUT2D eigenvalue weighted by molar-refractivity contribution is -0.183. The van der Waals surface area contributed by atoms with Crippen molar-refractivity contribution in [1.29, 1.82) is 0 Å². The predicted octanol–water partition coefficient (Wildman–Crippen LogP) is -0.133. The van der Waals surface area contributed by atoms with Crippen LogP contribution in [0.1, 0.15) is 23.8 Å². The summed E-state index contributed by atoms with van der Waals surface area (Å²) in [5, 5.41) is 36.4. The van der Waals surface area contributed by atoms with Crippen molar-refractivity contribution in [2.45, 2.75) is 19.3 Å². The summed E-state index contributed by atoms with van der Waals surface area (Å²) in [6.07, 6.45) is 0.413. The number of carboxylic acid groups (broad SMARTS) is 4. The number of carbonyl (C=O) groups is 4. The van der Waals surface area contributed by atoms with Crippen LogP contribution in [-0.4, -0.2) is 125 Å². The van der Waals surface area contributed by atoms with Crippen LogP contribution in [0.25, 0.3) is 0 Å². The van der Waals surface area contributed by atoms with Crippen LogP contribution >= 0.6 is 0 Å². The molecule has 1 fully saturated rings. The highest BCUT2D eigenvalue weighted by atomic mass is 16.7. The number of nitrogens with zero attached hydrogens (tertiary/aromatic N) is 3. The standard InChI is InChI=1S/C23H33N3O10/c27-19(28)13-25(14-20(29)30)8-6-24(7-9-26(15-21(31)32)16-22(33)34)12-17-2-4-18(5-3-17)23-35-10-1-11-36-23/h2-5,23H,1,6-16H2,(H,27,28)(H,29,30)(H,31,32)(H,33,34). The largest absolute Gasteiger partial charge is 0.480 e. The molecule has 13 nitrogen and oxygen atoms in total. The lowest BCUT2D eigenvalue weighted by atomic mass is 10.1. The first-order valence-corrected chi connectivity index (χ1v) is 11.5. The second kappa shape index (κ2) is 15.1. The van der Waals surface area contributed by atoms with Gasteiger partial charge in [-0.05, 0) is 12.0 Å². The molecule has 1 heterocycles. The number of benzene rings is 1. The van der Waals surface area contributed by atoms with Gasteiger partial charge in [-0.1, -0.05) is 24.3 Å². The van der Waals surface area contributed by atoms with Gasteiger partial charge in [0, 0.05) is 38.3 Å². The van der Waals surface area contributed by atoms with Gasteiger partial charge in [-0.25, -0.2) is 0 Å². The molecule has 2 rings (SSSR count). The van der Waals surface area contributed by atoms with Crippen molar-refractivity contribution in [3.8, 4) is 0 Å². The van der Waals surface area contributed by atoms with Gasteiger partial charge in [-0.15, -0.1) is 0 Å². The molecule has 13 heteroatoms. The highest BCUT2D eigenvalue weighted by Crippen LogP contribution is 2.23. The molecule has 1 saturated heterocycles. The van der Waals surface area contributed by atoms with Gasteiger partial charge in [0.2, 0.25) is 0 Å². The number of ether oxygens (including phenoxy) is 2. The van der Waals surface area contributed by atoms with Gasteiger partial charge in [0.15, 0.2) is 6.29 Å². The van der Waals surface area contributed by atoms with Gasteiger partial charge in [-0.3, -0.25) is 33.9 Å². The molecule has 36 heavy (non-hydrogen) atoms. The summed E-state index contributed by atoms with van der Waals surface area (Å²) in [5.41, 5.74) is 1.77. The van der Waals surface area contributed by atoms with Crippen LogP contribution in [0.15, 0.2) is 24.3 Å². The zero-order chi connectivity index (χ0) is 26.5. The molecule has 0 aromatic heterocycles. The van der Waals surface area contributed by atoms with E-state index in [0.29, 0.717) is 19.8 Å². The van der Waals surface area contributed by atoms with E-state index in [1.807, 2.05) is 29.2 Å². The van der Waals surface area contributed by atoms with Crippen LogP contribution in [0.2, 0.25) is 0 Å². The average molecular weight is 512 g/mol. The van der Waals surface area contributed by atoms with Gasteiger partial charge in [0.05, 0.1) is 39.4 Å². The Morgan fingerprint density at radius 1 is 0.667 bits per heavy atom. The van der Waals surface area contributed by atoms with Crippen molar-refractivity contribution >= 4 is 23.9 Å². The Labute approximate surface area is 208 Å². The molecule has 1 aliphatic heterocycles. The minimum absolute atomic E-state index is 0.137. The summed E-state index contributed by atoms with van der Waals surface area (Å²) in [7, 11) is 0. The summed E-state index contributed by atoms with van der Waals surface area (Å²) >= 11 is 0. The molecule has 0 bridgehead atoms. The Bertz CT molecular complexity index is 801. The van der Waals surface area contributed by atoms with Crippen molar-refractivity contribution in [3.05, 3.63) is 35.4 Å². The zero-order valence-corrected chi connectivity index (χ0v) is 20.0. The first-order valence-electron chi connectivity index (χ1n) is 11.5. The van der Waals surface area contributed by atoms with Gasteiger partial charge >= 0.3 is 23.9 Å². The molecule has 4 N–H and O–H groups in total. The summed E-state index contributed by atoms with van der Waals surface area (Å²) in [6.45, 7) is 0.697. The molecule has 1 aliphatic rings. The van der Waals surface area contributed by atoms with E-state index in [1.165, 1.54) is 9.80 Å². The van der Waals surface area contributed by atoms with E-state index in [2.05, 4.69) is 0 Å². The fraction of sp³-hybridized carbons (Fsp3) is 0.565. The van der Waals surface area contributed by atoms with Crippen molar-refractivity contribution in [2.75, 3.05) is 65.6 Å². The fourth-order valence-corrected chi connectivity index (χ4v) is 3.75. The zero-order valence-electron chi connectivity index (χ0n) is 20.0. The first kappa shape index (κ1) is 29.1. The number of carboxylic acids is 4. The average Bonchev–Trinajstić information content (AvgIpc) is 2.80. The Balaban J connectivity index is 2.09.